The molecule has 0 saturated heterocycles. The van der Waals surface area contributed by atoms with E-state index in [2.05, 4.69) is 19.9 Å². The molecule has 10 heteroatoms. The molecule has 0 aliphatic heterocycles. The monoisotopic (exact) mass is 407 g/mol. The molecule has 0 N–H and O–H groups in total. The van der Waals surface area contributed by atoms with E-state index in [1.807, 2.05) is 0 Å². The van der Waals surface area contributed by atoms with E-state index < -0.39 is 17.8 Å². The maximum Gasteiger partial charge on any atom is 0.433 e. The number of hydrogen-bond acceptors (Lipinski definition) is 5. The van der Waals surface area contributed by atoms with Gasteiger partial charge in [-0.1, -0.05) is 11.6 Å². The van der Waals surface area contributed by atoms with Crippen molar-refractivity contribution >= 4 is 23.3 Å². The number of nitrogens with zero attached hydrogens (tertiary/aromatic N) is 5. The first-order valence-corrected chi connectivity index (χ1v) is 8.30. The molecule has 0 aliphatic carbocycles. The number of aryl methyl sites for hydroxylation is 1. The van der Waals surface area contributed by atoms with Crippen molar-refractivity contribution < 1.29 is 18.0 Å². The number of carbonyl (C=O) groups is 1. The lowest BCUT2D eigenvalue weighted by Crippen LogP contribution is -2.28. The molecule has 0 atom stereocenters. The molecule has 28 heavy (non-hydrogen) atoms. The van der Waals surface area contributed by atoms with Gasteiger partial charge >= 0.3 is 6.18 Å². The Morgan fingerprint density at radius 2 is 1.86 bits per heavy atom. The molecule has 0 unspecified atom stereocenters. The van der Waals surface area contributed by atoms with Crippen LogP contribution in [0.1, 0.15) is 21.7 Å². The number of amides is 1. The van der Waals surface area contributed by atoms with Crippen LogP contribution in [-0.4, -0.2) is 32.9 Å². The number of rotatable bonds is 3. The molecule has 3 aromatic rings. The summed E-state index contributed by atoms with van der Waals surface area (Å²) in [5.74, 6) is -0.0788. The molecule has 144 valence electrons. The lowest BCUT2D eigenvalue weighted by Gasteiger charge is -2.18. The summed E-state index contributed by atoms with van der Waals surface area (Å²) >= 11 is 5.88. The highest BCUT2D eigenvalue weighted by Crippen LogP contribution is 2.28. The van der Waals surface area contributed by atoms with Crippen molar-refractivity contribution in [2.75, 3.05) is 11.9 Å². The Bertz CT molecular complexity index is 1020. The van der Waals surface area contributed by atoms with E-state index in [0.29, 0.717) is 22.0 Å². The molecule has 0 radical (unpaired) electrons. The number of halogens is 4. The quantitative estimate of drug-likeness (QED) is 0.651. The molecule has 3 heterocycles. The van der Waals surface area contributed by atoms with E-state index in [9.17, 15) is 18.0 Å². The van der Waals surface area contributed by atoms with Gasteiger partial charge in [0.2, 0.25) is 0 Å². The standard InChI is InChI=1S/C18H13ClF3N5O/c1-10-5-12(19)7-25-16(10)27(2)17(28)14-9-23-8-13(26-14)11-3-4-15(24-6-11)18(20,21)22/h3-9H,1-2H3. The second-order valence-corrected chi connectivity index (χ2v) is 6.31. The molecule has 0 saturated carbocycles. The van der Waals surface area contributed by atoms with Gasteiger partial charge < -0.3 is 0 Å². The Labute approximate surface area is 163 Å². The molecule has 3 aromatic heterocycles. The van der Waals surface area contributed by atoms with Crippen molar-refractivity contribution in [3.8, 4) is 11.3 Å². The van der Waals surface area contributed by atoms with E-state index >= 15 is 0 Å². The summed E-state index contributed by atoms with van der Waals surface area (Å²) < 4.78 is 37.9. The molecule has 1 amide bonds. The minimum Gasteiger partial charge on any atom is -0.294 e. The smallest absolute Gasteiger partial charge is 0.294 e. The van der Waals surface area contributed by atoms with Gasteiger partial charge in [0, 0.05) is 25.0 Å². The van der Waals surface area contributed by atoms with Gasteiger partial charge in [-0.2, -0.15) is 13.2 Å². The Kier molecular flexibility index (Phi) is 5.28. The van der Waals surface area contributed by atoms with Crippen molar-refractivity contribution in [1.29, 1.82) is 0 Å². The zero-order chi connectivity index (χ0) is 20.5. The minimum absolute atomic E-state index is 0.0102. The maximum atomic E-state index is 12.7. The van der Waals surface area contributed by atoms with Gasteiger partial charge in [-0.05, 0) is 30.7 Å². The Hall–Kier alpha value is -3.07. The van der Waals surface area contributed by atoms with Crippen LogP contribution in [0.2, 0.25) is 5.02 Å². The fourth-order valence-corrected chi connectivity index (χ4v) is 2.69. The van der Waals surface area contributed by atoms with Crippen LogP contribution in [-0.2, 0) is 6.18 Å². The third-order valence-corrected chi connectivity index (χ3v) is 4.05. The van der Waals surface area contributed by atoms with Crippen LogP contribution in [0.15, 0.2) is 43.0 Å². The molecular weight excluding hydrogens is 395 g/mol. The number of alkyl halides is 3. The molecule has 0 aliphatic rings. The topological polar surface area (TPSA) is 71.9 Å². The van der Waals surface area contributed by atoms with Crippen LogP contribution in [0.4, 0.5) is 19.0 Å². The fourth-order valence-electron chi connectivity index (χ4n) is 2.47. The molecule has 3 rings (SSSR count). The summed E-state index contributed by atoms with van der Waals surface area (Å²) in [7, 11) is 1.53. The van der Waals surface area contributed by atoms with Crippen LogP contribution in [0.3, 0.4) is 0 Å². The van der Waals surface area contributed by atoms with Crippen LogP contribution in [0, 0.1) is 6.92 Å². The van der Waals surface area contributed by atoms with E-state index in [0.717, 1.165) is 12.3 Å². The Morgan fingerprint density at radius 3 is 2.46 bits per heavy atom. The van der Waals surface area contributed by atoms with Gasteiger partial charge in [0.05, 0.1) is 23.1 Å². The van der Waals surface area contributed by atoms with Crippen molar-refractivity contribution in [2.24, 2.45) is 0 Å². The number of hydrogen-bond donors (Lipinski definition) is 0. The van der Waals surface area contributed by atoms with E-state index in [4.69, 9.17) is 11.6 Å². The second-order valence-electron chi connectivity index (χ2n) is 5.88. The maximum absolute atomic E-state index is 12.7. The first kappa shape index (κ1) is 19.7. The number of pyridine rings is 2. The summed E-state index contributed by atoms with van der Waals surface area (Å²) in [5, 5.41) is 0.443. The van der Waals surface area contributed by atoms with E-state index in [-0.39, 0.29) is 11.4 Å². The lowest BCUT2D eigenvalue weighted by molar-refractivity contribution is -0.141. The number of anilines is 1. The molecule has 6 nitrogen and oxygen atoms in total. The molecular formula is C18H13ClF3N5O. The molecule has 0 fully saturated rings. The van der Waals surface area contributed by atoms with Crippen LogP contribution in [0.25, 0.3) is 11.3 Å². The third-order valence-electron chi connectivity index (χ3n) is 3.84. The number of carbonyl (C=O) groups excluding carboxylic acids is 1. The largest absolute Gasteiger partial charge is 0.433 e. The average Bonchev–Trinajstić information content (AvgIpc) is 2.66. The van der Waals surface area contributed by atoms with Crippen LogP contribution >= 0.6 is 11.6 Å². The first-order chi connectivity index (χ1) is 13.2. The Balaban J connectivity index is 1.89. The van der Waals surface area contributed by atoms with Gasteiger partial charge in [-0.3, -0.25) is 19.7 Å². The second kappa shape index (κ2) is 7.51. The summed E-state index contributed by atoms with van der Waals surface area (Å²) in [6.07, 6.45) is 0.533. The third kappa shape index (κ3) is 4.09. The van der Waals surface area contributed by atoms with Gasteiger partial charge in [-0.15, -0.1) is 0 Å². The van der Waals surface area contributed by atoms with Gasteiger partial charge in [-0.25, -0.2) is 9.97 Å². The predicted molar refractivity (Wildman–Crippen MR) is 97.0 cm³/mol. The van der Waals surface area contributed by atoms with Crippen LogP contribution < -0.4 is 4.90 Å². The van der Waals surface area contributed by atoms with Crippen LogP contribution in [0.5, 0.6) is 0 Å². The van der Waals surface area contributed by atoms with E-state index in [1.165, 1.54) is 36.6 Å². The summed E-state index contributed by atoms with van der Waals surface area (Å²) in [5.41, 5.74) is 0.218. The Morgan fingerprint density at radius 1 is 1.11 bits per heavy atom. The molecule has 0 bridgehead atoms. The highest BCUT2D eigenvalue weighted by Gasteiger charge is 2.32. The first-order valence-electron chi connectivity index (χ1n) is 7.92. The highest BCUT2D eigenvalue weighted by atomic mass is 35.5. The average molecular weight is 408 g/mol. The van der Waals surface area contributed by atoms with Crippen molar-refractivity contribution in [1.82, 2.24) is 19.9 Å². The van der Waals surface area contributed by atoms with Crippen molar-refractivity contribution in [3.05, 3.63) is 65.0 Å². The molecule has 0 aromatic carbocycles. The lowest BCUT2D eigenvalue weighted by atomic mass is 10.2. The van der Waals surface area contributed by atoms with Gasteiger partial charge in [0.15, 0.2) is 0 Å². The SMILES string of the molecule is Cc1cc(Cl)cnc1N(C)C(=O)c1cncc(-c2ccc(C(F)(F)F)nc2)n1. The molecule has 0 spiro atoms. The minimum atomic E-state index is -4.53. The highest BCUT2D eigenvalue weighted by molar-refractivity contribution is 6.30. The van der Waals surface area contributed by atoms with Crippen molar-refractivity contribution in [2.45, 2.75) is 13.1 Å². The predicted octanol–water partition coefficient (Wildman–Crippen LogP) is 4.19. The zero-order valence-corrected chi connectivity index (χ0v) is 15.5. The normalized spacial score (nSPS) is 11.4. The summed E-state index contributed by atoms with van der Waals surface area (Å²) in [6.45, 7) is 1.76. The van der Waals surface area contributed by atoms with Gasteiger partial charge in [0.25, 0.3) is 5.91 Å². The van der Waals surface area contributed by atoms with Crippen molar-refractivity contribution in [3.63, 3.8) is 0 Å². The summed E-state index contributed by atoms with van der Waals surface area (Å²) in [6, 6.07) is 3.74. The number of aromatic nitrogens is 4. The van der Waals surface area contributed by atoms with E-state index in [1.54, 1.807) is 13.0 Å². The zero-order valence-electron chi connectivity index (χ0n) is 14.7. The van der Waals surface area contributed by atoms with Gasteiger partial charge in [0.1, 0.15) is 17.2 Å². The fraction of sp³-hybridized carbons (Fsp3) is 0.167. The summed E-state index contributed by atoms with van der Waals surface area (Å²) in [4.78, 5) is 29.7.